The Balaban J connectivity index is 2.23. The molecule has 7 nitrogen and oxygen atoms in total. The second-order valence-electron chi connectivity index (χ2n) is 2.64. The lowest BCUT2D eigenvalue weighted by Gasteiger charge is -1.89. The Morgan fingerprint density at radius 1 is 1.67 bits per heavy atom. The van der Waals surface area contributed by atoms with Gasteiger partial charge in [-0.1, -0.05) is 4.49 Å². The second kappa shape index (κ2) is 4.03. The van der Waals surface area contributed by atoms with Gasteiger partial charge in [-0.3, -0.25) is 0 Å². The first-order valence-electron chi connectivity index (χ1n) is 3.80. The van der Waals surface area contributed by atoms with Crippen molar-refractivity contribution < 1.29 is 4.92 Å². The lowest BCUT2D eigenvalue weighted by atomic mass is 10.5. The van der Waals surface area contributed by atoms with Crippen LogP contribution in [0.5, 0.6) is 0 Å². The maximum absolute atomic E-state index is 10.5. The average Bonchev–Trinajstić information content (AvgIpc) is 2.75. The highest BCUT2D eigenvalue weighted by molar-refractivity contribution is 9.10. The maximum Gasteiger partial charge on any atom is 0.404 e. The Bertz CT molecular complexity index is 482. The summed E-state index contributed by atoms with van der Waals surface area (Å²) in [4.78, 5) is 10.9. The van der Waals surface area contributed by atoms with Crippen molar-refractivity contribution in [2.45, 2.75) is 6.54 Å². The molecule has 0 bridgehead atoms. The number of rotatable bonds is 3. The minimum atomic E-state index is -0.536. The first-order valence-corrected chi connectivity index (χ1v) is 5.37. The van der Waals surface area contributed by atoms with E-state index in [2.05, 4.69) is 30.6 Å². The van der Waals surface area contributed by atoms with Gasteiger partial charge in [0.15, 0.2) is 0 Å². The van der Waals surface area contributed by atoms with Gasteiger partial charge in [0.2, 0.25) is 0 Å². The van der Waals surface area contributed by atoms with Gasteiger partial charge < -0.3 is 10.1 Å². The smallest absolute Gasteiger partial charge is 0.358 e. The van der Waals surface area contributed by atoms with E-state index in [4.69, 9.17) is 0 Å². The molecule has 2 aromatic heterocycles. The maximum atomic E-state index is 10.5. The molecule has 0 atom stereocenters. The third kappa shape index (κ3) is 2.18. The summed E-state index contributed by atoms with van der Waals surface area (Å²) in [6, 6.07) is 0. The number of nitro groups is 1. The van der Waals surface area contributed by atoms with E-state index in [1.165, 1.54) is 16.2 Å². The normalized spacial score (nSPS) is 10.5. The molecule has 0 aliphatic rings. The topological polar surface area (TPSA) is 86.7 Å². The van der Waals surface area contributed by atoms with Crippen LogP contribution in [0.3, 0.4) is 0 Å². The highest BCUT2D eigenvalue weighted by atomic mass is 79.9. The van der Waals surface area contributed by atoms with E-state index in [9.17, 15) is 10.1 Å². The van der Waals surface area contributed by atoms with Gasteiger partial charge in [0, 0.05) is 0 Å². The summed E-state index contributed by atoms with van der Waals surface area (Å²) in [5.74, 6) is -0.188. The van der Waals surface area contributed by atoms with Crippen molar-refractivity contribution in [3.8, 4) is 0 Å². The molecule has 0 spiro atoms. The summed E-state index contributed by atoms with van der Waals surface area (Å²) < 4.78 is 5.52. The summed E-state index contributed by atoms with van der Waals surface area (Å²) in [6.45, 7) is 0.435. The van der Waals surface area contributed by atoms with E-state index >= 15 is 0 Å². The molecule has 0 N–H and O–H groups in total. The van der Waals surface area contributed by atoms with E-state index in [-0.39, 0.29) is 5.82 Å². The zero-order chi connectivity index (χ0) is 10.8. The molecule has 2 aromatic rings. The molecule has 0 unspecified atom stereocenters. The quantitative estimate of drug-likeness (QED) is 0.630. The highest BCUT2D eigenvalue weighted by Crippen LogP contribution is 2.22. The van der Waals surface area contributed by atoms with Crippen molar-refractivity contribution in [1.29, 1.82) is 0 Å². The zero-order valence-corrected chi connectivity index (χ0v) is 9.60. The van der Waals surface area contributed by atoms with Crippen molar-refractivity contribution in [3.63, 3.8) is 0 Å². The molecule has 0 aliphatic carbocycles. The lowest BCUT2D eigenvalue weighted by molar-refractivity contribution is -0.390. The summed E-state index contributed by atoms with van der Waals surface area (Å²) in [6.07, 6.45) is 3.16. The van der Waals surface area contributed by atoms with Crippen molar-refractivity contribution >= 4 is 33.3 Å². The van der Waals surface area contributed by atoms with E-state index in [1.807, 2.05) is 0 Å². The number of hydrogen-bond acceptors (Lipinski definition) is 6. The Labute approximate surface area is 96.2 Å². The van der Waals surface area contributed by atoms with Crippen LogP contribution in [0.2, 0.25) is 0 Å². The lowest BCUT2D eigenvalue weighted by Crippen LogP contribution is -1.99. The summed E-state index contributed by atoms with van der Waals surface area (Å²) in [7, 11) is 0. The van der Waals surface area contributed by atoms with Gasteiger partial charge in [-0.05, 0) is 32.4 Å². The largest absolute Gasteiger partial charge is 0.404 e. The molecular weight excluding hydrogens is 286 g/mol. The molecule has 0 amide bonds. The summed E-state index contributed by atoms with van der Waals surface area (Å²) >= 11 is 4.30. The van der Waals surface area contributed by atoms with Crippen LogP contribution in [0, 0.1) is 10.1 Å². The molecule has 2 rings (SSSR count). The Hall–Kier alpha value is -1.35. The molecule has 0 aliphatic heterocycles. The predicted molar refractivity (Wildman–Crippen MR) is 55.6 cm³/mol. The molecule has 0 saturated carbocycles. The summed E-state index contributed by atoms with van der Waals surface area (Å²) in [5, 5.41) is 18.0. The fraction of sp³-hybridized carbons (Fsp3) is 0.167. The standard InChI is InChI=1S/C6H4BrN5O2S/c7-5-3-11(9-6(5)12(13)14)2-4-1-8-10-15-4/h1,3H,2H2. The van der Waals surface area contributed by atoms with E-state index in [1.54, 1.807) is 12.4 Å². The van der Waals surface area contributed by atoms with E-state index in [0.29, 0.717) is 11.0 Å². The van der Waals surface area contributed by atoms with Gasteiger partial charge in [0.25, 0.3) is 0 Å². The van der Waals surface area contributed by atoms with Crippen LogP contribution in [0.4, 0.5) is 5.82 Å². The molecule has 0 radical (unpaired) electrons. The van der Waals surface area contributed by atoms with Gasteiger partial charge in [0.05, 0.1) is 28.9 Å². The van der Waals surface area contributed by atoms with Crippen molar-refractivity contribution in [3.05, 3.63) is 31.9 Å². The fourth-order valence-electron chi connectivity index (χ4n) is 1.01. The Kier molecular flexibility index (Phi) is 2.73. The van der Waals surface area contributed by atoms with Crippen LogP contribution in [0.25, 0.3) is 0 Å². The molecule has 15 heavy (non-hydrogen) atoms. The third-order valence-corrected chi connectivity index (χ3v) is 2.80. The molecule has 78 valence electrons. The first-order chi connectivity index (χ1) is 7.16. The van der Waals surface area contributed by atoms with Crippen LogP contribution >= 0.6 is 27.5 Å². The van der Waals surface area contributed by atoms with Crippen molar-refractivity contribution in [1.82, 2.24) is 19.4 Å². The molecule has 0 saturated heterocycles. The van der Waals surface area contributed by atoms with Gasteiger partial charge in [-0.25, -0.2) is 0 Å². The Morgan fingerprint density at radius 3 is 3.00 bits per heavy atom. The third-order valence-electron chi connectivity index (χ3n) is 1.60. The molecule has 2 heterocycles. The number of aromatic nitrogens is 4. The highest BCUT2D eigenvalue weighted by Gasteiger charge is 2.18. The average molecular weight is 290 g/mol. The second-order valence-corrected chi connectivity index (χ2v) is 4.36. The molecule has 0 fully saturated rings. The van der Waals surface area contributed by atoms with Gasteiger partial charge >= 0.3 is 5.82 Å². The minimum absolute atomic E-state index is 0.188. The molecular formula is C6H4BrN5O2S. The number of hydrogen-bond donors (Lipinski definition) is 0. The van der Waals surface area contributed by atoms with Crippen molar-refractivity contribution in [2.24, 2.45) is 0 Å². The van der Waals surface area contributed by atoms with Crippen LogP contribution in [-0.2, 0) is 6.54 Å². The Morgan fingerprint density at radius 2 is 2.47 bits per heavy atom. The zero-order valence-electron chi connectivity index (χ0n) is 7.20. The van der Waals surface area contributed by atoms with Crippen LogP contribution in [0.1, 0.15) is 4.88 Å². The molecule has 9 heteroatoms. The monoisotopic (exact) mass is 289 g/mol. The van der Waals surface area contributed by atoms with Crippen molar-refractivity contribution in [2.75, 3.05) is 0 Å². The number of halogens is 1. The van der Waals surface area contributed by atoms with Gasteiger partial charge in [0.1, 0.15) is 4.47 Å². The summed E-state index contributed by atoms with van der Waals surface area (Å²) in [5.41, 5.74) is 0. The number of nitrogens with zero attached hydrogens (tertiary/aromatic N) is 5. The predicted octanol–water partition coefficient (Wildman–Crippen LogP) is 1.45. The van der Waals surface area contributed by atoms with Crippen LogP contribution in [0.15, 0.2) is 16.9 Å². The van der Waals surface area contributed by atoms with Crippen LogP contribution in [-0.4, -0.2) is 24.3 Å². The van der Waals surface area contributed by atoms with Gasteiger partial charge in [-0.15, -0.1) is 5.10 Å². The van der Waals surface area contributed by atoms with Gasteiger partial charge in [-0.2, -0.15) is 4.68 Å². The first kappa shape index (κ1) is 10.2. The van der Waals surface area contributed by atoms with E-state index < -0.39 is 4.92 Å². The fourth-order valence-corrected chi connectivity index (χ4v) is 1.95. The minimum Gasteiger partial charge on any atom is -0.358 e. The molecule has 0 aromatic carbocycles. The van der Waals surface area contributed by atoms with E-state index in [0.717, 1.165) is 4.88 Å². The SMILES string of the molecule is O=[N+]([O-])c1nn(Cc2cnns2)cc1Br. The van der Waals surface area contributed by atoms with Crippen LogP contribution < -0.4 is 0 Å².